The minimum Gasteiger partial charge on any atom is -0.271 e. The molecule has 5 heteroatoms. The van der Waals surface area contributed by atoms with Crippen molar-refractivity contribution in [3.05, 3.63) is 35.1 Å². The number of halogens is 3. The summed E-state index contributed by atoms with van der Waals surface area (Å²) in [7, 11) is 0. The van der Waals surface area contributed by atoms with Crippen molar-refractivity contribution in [2.24, 2.45) is 11.3 Å². The fraction of sp³-hybridized carbons (Fsp3) is 0.500. The van der Waals surface area contributed by atoms with E-state index in [2.05, 4.69) is 5.43 Å². The van der Waals surface area contributed by atoms with Gasteiger partial charge in [0.15, 0.2) is 17.5 Å². The van der Waals surface area contributed by atoms with Crippen LogP contribution >= 0.6 is 0 Å². The molecular weight excluding hydrogens is 229 g/mol. The third-order valence-electron chi connectivity index (χ3n) is 3.24. The average Bonchev–Trinajstić information content (AvgIpc) is 2.30. The van der Waals surface area contributed by atoms with Crippen molar-refractivity contribution in [1.29, 1.82) is 0 Å². The molecule has 0 aliphatic rings. The SMILES string of the molecule is CCC(C)(C)C(NN)c1ccc(F)c(F)c1F. The van der Waals surface area contributed by atoms with Gasteiger partial charge in [-0.15, -0.1) is 0 Å². The van der Waals surface area contributed by atoms with Crippen molar-refractivity contribution >= 4 is 0 Å². The van der Waals surface area contributed by atoms with Gasteiger partial charge in [-0.05, 0) is 17.9 Å². The quantitative estimate of drug-likeness (QED) is 0.487. The summed E-state index contributed by atoms with van der Waals surface area (Å²) in [4.78, 5) is 0. The van der Waals surface area contributed by atoms with Crippen molar-refractivity contribution in [2.75, 3.05) is 0 Å². The van der Waals surface area contributed by atoms with Crippen molar-refractivity contribution in [3.63, 3.8) is 0 Å². The lowest BCUT2D eigenvalue weighted by Crippen LogP contribution is -2.38. The molecule has 0 amide bonds. The summed E-state index contributed by atoms with van der Waals surface area (Å²) in [6.45, 7) is 5.67. The first-order valence-corrected chi connectivity index (χ1v) is 5.44. The minimum absolute atomic E-state index is 0.0400. The first-order valence-electron chi connectivity index (χ1n) is 5.44. The molecule has 0 aliphatic carbocycles. The van der Waals surface area contributed by atoms with Crippen molar-refractivity contribution < 1.29 is 13.2 Å². The highest BCUT2D eigenvalue weighted by Gasteiger charge is 2.31. The van der Waals surface area contributed by atoms with Gasteiger partial charge in [-0.3, -0.25) is 11.3 Å². The number of nitrogens with one attached hydrogen (secondary N) is 1. The van der Waals surface area contributed by atoms with Gasteiger partial charge >= 0.3 is 0 Å². The Morgan fingerprint density at radius 1 is 1.24 bits per heavy atom. The van der Waals surface area contributed by atoms with E-state index in [-0.39, 0.29) is 11.0 Å². The van der Waals surface area contributed by atoms with Crippen LogP contribution in [-0.2, 0) is 0 Å². The highest BCUT2D eigenvalue weighted by atomic mass is 19.2. The molecular formula is C12H17F3N2. The van der Waals surface area contributed by atoms with Gasteiger partial charge in [0.05, 0.1) is 6.04 Å². The topological polar surface area (TPSA) is 38.0 Å². The van der Waals surface area contributed by atoms with E-state index in [1.807, 2.05) is 20.8 Å². The van der Waals surface area contributed by atoms with Crippen LogP contribution in [0.15, 0.2) is 12.1 Å². The lowest BCUT2D eigenvalue weighted by atomic mass is 9.78. The Hall–Kier alpha value is -1.07. The highest BCUT2D eigenvalue weighted by molar-refractivity contribution is 5.25. The van der Waals surface area contributed by atoms with Gasteiger partial charge in [-0.25, -0.2) is 13.2 Å². The van der Waals surface area contributed by atoms with E-state index < -0.39 is 23.5 Å². The summed E-state index contributed by atoms with van der Waals surface area (Å²) in [5.74, 6) is 1.54. The maximum absolute atomic E-state index is 13.7. The van der Waals surface area contributed by atoms with Crippen molar-refractivity contribution in [3.8, 4) is 0 Å². The standard InChI is InChI=1S/C12H17F3N2/c1-4-12(2,3)11(17-16)7-5-6-8(13)10(15)9(7)14/h5-6,11,17H,4,16H2,1-3H3. The van der Waals surface area contributed by atoms with Gasteiger partial charge in [0.2, 0.25) is 0 Å². The van der Waals surface area contributed by atoms with Crippen LogP contribution in [0.4, 0.5) is 13.2 Å². The van der Waals surface area contributed by atoms with Crippen molar-refractivity contribution in [1.82, 2.24) is 5.43 Å². The Kier molecular flexibility index (Phi) is 4.16. The van der Waals surface area contributed by atoms with Crippen LogP contribution in [0.5, 0.6) is 0 Å². The molecule has 1 aromatic rings. The number of nitrogens with two attached hydrogens (primary N) is 1. The molecule has 17 heavy (non-hydrogen) atoms. The number of rotatable bonds is 4. The Bertz CT molecular complexity index is 405. The molecule has 0 saturated heterocycles. The summed E-state index contributed by atoms with van der Waals surface area (Å²) in [6.07, 6.45) is 0.709. The fourth-order valence-corrected chi connectivity index (χ4v) is 1.70. The summed E-state index contributed by atoms with van der Waals surface area (Å²) in [6, 6.07) is 1.54. The van der Waals surface area contributed by atoms with Crippen LogP contribution in [0, 0.1) is 22.9 Å². The summed E-state index contributed by atoms with van der Waals surface area (Å²) < 4.78 is 39.7. The minimum atomic E-state index is -1.46. The van der Waals surface area contributed by atoms with E-state index in [0.717, 1.165) is 6.07 Å². The Morgan fingerprint density at radius 3 is 2.29 bits per heavy atom. The second-order valence-corrected chi connectivity index (χ2v) is 4.71. The van der Waals surface area contributed by atoms with E-state index in [1.54, 1.807) is 0 Å². The molecule has 2 nitrogen and oxygen atoms in total. The smallest absolute Gasteiger partial charge is 0.194 e. The zero-order valence-electron chi connectivity index (χ0n) is 10.2. The maximum Gasteiger partial charge on any atom is 0.194 e. The molecule has 96 valence electrons. The zero-order chi connectivity index (χ0) is 13.2. The lowest BCUT2D eigenvalue weighted by molar-refractivity contribution is 0.229. The summed E-state index contributed by atoms with van der Waals surface area (Å²) >= 11 is 0. The predicted octanol–water partition coefficient (Wildman–Crippen LogP) is 3.04. The van der Waals surface area contributed by atoms with Gasteiger partial charge in [0.1, 0.15) is 0 Å². The molecule has 0 bridgehead atoms. The normalized spacial score (nSPS) is 13.8. The molecule has 1 aromatic carbocycles. The zero-order valence-corrected chi connectivity index (χ0v) is 10.2. The molecule has 1 rings (SSSR count). The van der Waals surface area contributed by atoms with Crippen LogP contribution in [0.25, 0.3) is 0 Å². The van der Waals surface area contributed by atoms with Gasteiger partial charge < -0.3 is 0 Å². The van der Waals surface area contributed by atoms with Crippen LogP contribution in [-0.4, -0.2) is 0 Å². The first kappa shape index (κ1) is 14.0. The highest BCUT2D eigenvalue weighted by Crippen LogP contribution is 2.37. The summed E-state index contributed by atoms with van der Waals surface area (Å²) in [5.41, 5.74) is 2.13. The van der Waals surface area contributed by atoms with E-state index in [1.165, 1.54) is 6.07 Å². The number of hydrogen-bond acceptors (Lipinski definition) is 2. The van der Waals surface area contributed by atoms with Gasteiger partial charge in [-0.1, -0.05) is 26.8 Å². The molecule has 1 atom stereocenters. The molecule has 0 spiro atoms. The van der Waals surface area contributed by atoms with Crippen LogP contribution < -0.4 is 11.3 Å². The third-order valence-corrected chi connectivity index (χ3v) is 3.24. The lowest BCUT2D eigenvalue weighted by Gasteiger charge is -2.33. The maximum atomic E-state index is 13.7. The van der Waals surface area contributed by atoms with Gasteiger partial charge in [0.25, 0.3) is 0 Å². The van der Waals surface area contributed by atoms with Crippen molar-refractivity contribution in [2.45, 2.75) is 33.2 Å². The largest absolute Gasteiger partial charge is 0.271 e. The third kappa shape index (κ3) is 2.61. The number of benzene rings is 1. The monoisotopic (exact) mass is 246 g/mol. The van der Waals surface area contributed by atoms with Gasteiger partial charge in [-0.2, -0.15) is 0 Å². The fourth-order valence-electron chi connectivity index (χ4n) is 1.70. The molecule has 0 aliphatic heterocycles. The second-order valence-electron chi connectivity index (χ2n) is 4.71. The predicted molar refractivity (Wildman–Crippen MR) is 60.5 cm³/mol. The Morgan fingerprint density at radius 2 is 1.82 bits per heavy atom. The van der Waals surface area contributed by atoms with Crippen LogP contribution in [0.3, 0.4) is 0 Å². The molecule has 1 unspecified atom stereocenters. The van der Waals surface area contributed by atoms with E-state index in [0.29, 0.717) is 6.42 Å². The number of hydrazine groups is 1. The average molecular weight is 246 g/mol. The van der Waals surface area contributed by atoms with Gasteiger partial charge in [0, 0.05) is 5.56 Å². The van der Waals surface area contributed by atoms with E-state index >= 15 is 0 Å². The second kappa shape index (κ2) is 5.06. The van der Waals surface area contributed by atoms with Crippen LogP contribution in [0.2, 0.25) is 0 Å². The molecule has 3 N–H and O–H groups in total. The molecule has 0 radical (unpaired) electrons. The first-order chi connectivity index (χ1) is 7.85. The van der Waals surface area contributed by atoms with Crippen LogP contribution in [0.1, 0.15) is 38.8 Å². The molecule has 0 aromatic heterocycles. The molecule has 0 fully saturated rings. The number of hydrogen-bond donors (Lipinski definition) is 2. The van der Waals surface area contributed by atoms with E-state index in [4.69, 9.17) is 5.84 Å². The Balaban J connectivity index is 3.27. The summed E-state index contributed by atoms with van der Waals surface area (Å²) in [5, 5.41) is 0. The molecule has 0 saturated carbocycles. The Labute approximate surface area is 99.0 Å². The van der Waals surface area contributed by atoms with E-state index in [9.17, 15) is 13.2 Å². The molecule has 0 heterocycles.